The molecule has 1 amide bonds. The van der Waals surface area contributed by atoms with Crippen LogP contribution in [0.5, 0.6) is 17.2 Å². The number of para-hydroxylation sites is 1. The molecule has 1 N–H and O–H groups in total. The number of hydrogen-bond acceptors (Lipinski definition) is 6. The molecule has 6 rings (SSSR count). The average molecular weight is 417 g/mol. The maximum Gasteiger partial charge on any atom is 0.272 e. The van der Waals surface area contributed by atoms with E-state index in [0.29, 0.717) is 53.7 Å². The number of aromatic nitrogens is 2. The van der Waals surface area contributed by atoms with Crippen LogP contribution >= 0.6 is 0 Å². The summed E-state index contributed by atoms with van der Waals surface area (Å²) in [4.78, 5) is 27.4. The number of benzene rings is 2. The lowest BCUT2D eigenvalue weighted by atomic mass is 9.89. The van der Waals surface area contributed by atoms with Gasteiger partial charge in [0.15, 0.2) is 17.3 Å². The smallest absolute Gasteiger partial charge is 0.272 e. The zero-order chi connectivity index (χ0) is 21.0. The van der Waals surface area contributed by atoms with Crippen LogP contribution in [-0.2, 0) is 0 Å². The van der Waals surface area contributed by atoms with Gasteiger partial charge in [-0.1, -0.05) is 12.1 Å². The summed E-state index contributed by atoms with van der Waals surface area (Å²) in [5.41, 5.74) is 1.82. The predicted octanol–water partition coefficient (Wildman–Crippen LogP) is 3.06. The number of fused-ring (bicyclic) bond motifs is 2. The topological polar surface area (TPSA) is 93.8 Å². The molecule has 1 spiro atoms. The average Bonchev–Trinajstić information content (AvgIpc) is 3.52. The van der Waals surface area contributed by atoms with Gasteiger partial charge < -0.3 is 19.1 Å². The van der Waals surface area contributed by atoms with Crippen LogP contribution in [0.25, 0.3) is 11.3 Å². The van der Waals surface area contributed by atoms with Gasteiger partial charge in [-0.3, -0.25) is 14.7 Å². The monoisotopic (exact) mass is 417 g/mol. The summed E-state index contributed by atoms with van der Waals surface area (Å²) in [6.07, 6.45) is 0.890. The van der Waals surface area contributed by atoms with E-state index in [2.05, 4.69) is 10.2 Å². The van der Waals surface area contributed by atoms with Crippen molar-refractivity contribution < 1.29 is 23.8 Å². The van der Waals surface area contributed by atoms with E-state index in [9.17, 15) is 9.59 Å². The van der Waals surface area contributed by atoms with E-state index >= 15 is 0 Å². The Kier molecular flexibility index (Phi) is 3.83. The van der Waals surface area contributed by atoms with E-state index in [0.717, 1.165) is 5.56 Å². The van der Waals surface area contributed by atoms with Gasteiger partial charge in [0.2, 0.25) is 6.79 Å². The van der Waals surface area contributed by atoms with E-state index in [4.69, 9.17) is 14.2 Å². The van der Waals surface area contributed by atoms with Gasteiger partial charge in [0.05, 0.1) is 24.2 Å². The van der Waals surface area contributed by atoms with E-state index in [-0.39, 0.29) is 24.9 Å². The summed E-state index contributed by atoms with van der Waals surface area (Å²) in [7, 11) is 0. The summed E-state index contributed by atoms with van der Waals surface area (Å²) in [6.45, 7) is 1.09. The van der Waals surface area contributed by atoms with Gasteiger partial charge >= 0.3 is 0 Å². The number of carbonyl (C=O) groups is 2. The Bertz CT molecular complexity index is 1220. The van der Waals surface area contributed by atoms with Crippen LogP contribution in [0.1, 0.15) is 33.7 Å². The molecule has 2 aromatic carbocycles. The van der Waals surface area contributed by atoms with Crippen molar-refractivity contribution in [2.24, 2.45) is 0 Å². The van der Waals surface area contributed by atoms with Gasteiger partial charge in [-0.25, -0.2) is 0 Å². The highest BCUT2D eigenvalue weighted by Crippen LogP contribution is 2.39. The van der Waals surface area contributed by atoms with E-state index in [1.165, 1.54) is 0 Å². The molecule has 0 radical (unpaired) electrons. The number of rotatable bonds is 2. The van der Waals surface area contributed by atoms with Crippen molar-refractivity contribution in [2.45, 2.75) is 18.4 Å². The first-order valence-corrected chi connectivity index (χ1v) is 10.2. The second-order valence-corrected chi connectivity index (χ2v) is 8.09. The molecule has 31 heavy (non-hydrogen) atoms. The number of ketones is 1. The van der Waals surface area contributed by atoms with Gasteiger partial charge in [-0.15, -0.1) is 0 Å². The number of hydrogen-bond donors (Lipinski definition) is 1. The summed E-state index contributed by atoms with van der Waals surface area (Å²) in [6, 6.07) is 14.6. The summed E-state index contributed by atoms with van der Waals surface area (Å²) in [5, 5.41) is 7.14. The van der Waals surface area contributed by atoms with Crippen LogP contribution in [0.3, 0.4) is 0 Å². The Balaban J connectivity index is 1.21. The Hall–Kier alpha value is -3.81. The molecule has 4 heterocycles. The molecule has 1 unspecified atom stereocenters. The minimum absolute atomic E-state index is 0.0581. The molecule has 156 valence electrons. The third-order valence-electron chi connectivity index (χ3n) is 6.08. The van der Waals surface area contributed by atoms with Crippen LogP contribution in [0.15, 0.2) is 48.5 Å². The van der Waals surface area contributed by atoms with Crippen LogP contribution in [-0.4, -0.2) is 52.3 Å². The normalized spacial score (nSPS) is 21.3. The van der Waals surface area contributed by atoms with Crippen molar-refractivity contribution in [3.63, 3.8) is 0 Å². The highest BCUT2D eigenvalue weighted by Gasteiger charge is 2.47. The first kappa shape index (κ1) is 18.0. The summed E-state index contributed by atoms with van der Waals surface area (Å²) < 4.78 is 17.0. The Morgan fingerprint density at radius 2 is 1.94 bits per heavy atom. The summed E-state index contributed by atoms with van der Waals surface area (Å²) >= 11 is 0. The highest BCUT2D eigenvalue weighted by molar-refractivity contribution is 6.00. The quantitative estimate of drug-likeness (QED) is 0.689. The second-order valence-electron chi connectivity index (χ2n) is 8.09. The SMILES string of the molecule is O=C1CC2(CCN(C(=O)c3cc(-c4ccc5c(c4)OCO5)n[nH]3)C2)Oc2ccccc21. The number of nitrogens with zero attached hydrogens (tertiary/aromatic N) is 2. The molecule has 1 saturated heterocycles. The first-order valence-electron chi connectivity index (χ1n) is 10.2. The minimum Gasteiger partial charge on any atom is -0.484 e. The van der Waals surface area contributed by atoms with Crippen molar-refractivity contribution in [3.05, 3.63) is 59.8 Å². The third kappa shape index (κ3) is 2.94. The molecule has 0 saturated carbocycles. The summed E-state index contributed by atoms with van der Waals surface area (Å²) in [5.74, 6) is 1.85. The first-order chi connectivity index (χ1) is 15.1. The number of nitrogens with one attached hydrogen (secondary N) is 1. The fourth-order valence-corrected chi connectivity index (χ4v) is 4.49. The molecule has 3 aliphatic rings. The lowest BCUT2D eigenvalue weighted by Gasteiger charge is -2.34. The lowest BCUT2D eigenvalue weighted by molar-refractivity contribution is 0.0427. The number of amides is 1. The van der Waals surface area contributed by atoms with Crippen molar-refractivity contribution in [2.75, 3.05) is 19.9 Å². The van der Waals surface area contributed by atoms with Gasteiger partial charge in [0.1, 0.15) is 17.0 Å². The zero-order valence-electron chi connectivity index (χ0n) is 16.6. The maximum absolute atomic E-state index is 13.1. The van der Waals surface area contributed by atoms with Gasteiger partial charge in [0.25, 0.3) is 5.91 Å². The molecule has 0 aliphatic carbocycles. The van der Waals surface area contributed by atoms with Crippen molar-refractivity contribution in [1.82, 2.24) is 15.1 Å². The van der Waals surface area contributed by atoms with Gasteiger partial charge in [-0.2, -0.15) is 5.10 Å². The van der Waals surface area contributed by atoms with Crippen molar-refractivity contribution >= 4 is 11.7 Å². The van der Waals surface area contributed by atoms with Gasteiger partial charge in [0, 0.05) is 18.5 Å². The molecule has 3 aromatic rings. The minimum atomic E-state index is -0.665. The fraction of sp³-hybridized carbons (Fsp3) is 0.261. The Morgan fingerprint density at radius 1 is 1.06 bits per heavy atom. The number of likely N-dealkylation sites (tertiary alicyclic amines) is 1. The van der Waals surface area contributed by atoms with Crippen molar-refractivity contribution in [3.8, 4) is 28.5 Å². The Labute approximate surface area is 177 Å². The molecular formula is C23H19N3O5. The largest absolute Gasteiger partial charge is 0.484 e. The standard InChI is InChI=1S/C23H19N3O5/c27-18-11-23(31-19-4-2-1-3-15(18)19)7-8-26(12-23)22(28)17-10-16(24-25-17)14-5-6-20-21(9-14)30-13-29-20/h1-6,9-10H,7-8,11-13H2,(H,24,25). The molecule has 8 nitrogen and oxygen atoms in total. The number of carbonyl (C=O) groups excluding carboxylic acids is 2. The van der Waals surface area contributed by atoms with Crippen LogP contribution in [0, 0.1) is 0 Å². The van der Waals surface area contributed by atoms with Crippen LogP contribution < -0.4 is 14.2 Å². The fourth-order valence-electron chi connectivity index (χ4n) is 4.49. The highest BCUT2D eigenvalue weighted by atomic mass is 16.7. The molecule has 1 atom stereocenters. The van der Waals surface area contributed by atoms with E-state index in [1.54, 1.807) is 17.0 Å². The number of H-pyrrole nitrogens is 1. The third-order valence-corrected chi connectivity index (χ3v) is 6.08. The van der Waals surface area contributed by atoms with E-state index in [1.807, 2.05) is 36.4 Å². The number of aromatic amines is 1. The number of ether oxygens (including phenoxy) is 3. The Morgan fingerprint density at radius 3 is 2.87 bits per heavy atom. The van der Waals surface area contributed by atoms with E-state index < -0.39 is 5.60 Å². The maximum atomic E-state index is 13.1. The molecule has 1 aromatic heterocycles. The van der Waals surface area contributed by atoms with Crippen LogP contribution in [0.2, 0.25) is 0 Å². The molecular weight excluding hydrogens is 398 g/mol. The zero-order valence-corrected chi connectivity index (χ0v) is 16.6. The second kappa shape index (κ2) is 6.60. The van der Waals surface area contributed by atoms with Gasteiger partial charge in [-0.05, 0) is 36.4 Å². The molecule has 0 bridgehead atoms. The molecule has 8 heteroatoms. The van der Waals surface area contributed by atoms with Crippen molar-refractivity contribution in [1.29, 1.82) is 0 Å². The molecule has 3 aliphatic heterocycles. The van der Waals surface area contributed by atoms with Crippen LogP contribution in [0.4, 0.5) is 0 Å². The predicted molar refractivity (Wildman–Crippen MR) is 109 cm³/mol. The lowest BCUT2D eigenvalue weighted by Crippen LogP contribution is -2.45. The molecule has 1 fully saturated rings. The number of Topliss-reactive ketones (excluding diaryl/α,β-unsaturated/α-hetero) is 1.